The number of hydrogen-bond donors (Lipinski definition) is 2. The van der Waals surface area contributed by atoms with Gasteiger partial charge in [-0.3, -0.25) is 0 Å². The molecule has 0 radical (unpaired) electrons. The number of thiocarbonyl (C=S) groups is 1. The van der Waals surface area contributed by atoms with Gasteiger partial charge in [0.1, 0.15) is 0 Å². The predicted octanol–water partition coefficient (Wildman–Crippen LogP) is 3.86. The highest BCUT2D eigenvalue weighted by Gasteiger charge is 2.40. The third kappa shape index (κ3) is 5.32. The lowest BCUT2D eigenvalue weighted by atomic mass is 9.79. The van der Waals surface area contributed by atoms with Crippen molar-refractivity contribution in [3.8, 4) is 0 Å². The zero-order chi connectivity index (χ0) is 17.8. The maximum atomic E-state index is 5.72. The molecule has 4 heteroatoms. The Kier molecular flexibility index (Phi) is 6.05. The van der Waals surface area contributed by atoms with Gasteiger partial charge >= 0.3 is 0 Å². The molecule has 2 rings (SSSR count). The molecule has 0 unspecified atom stereocenters. The quantitative estimate of drug-likeness (QED) is 0.626. The molecule has 3 nitrogen and oxygen atoms in total. The monoisotopic (exact) mass is 345 g/mol. The largest absolute Gasteiger partial charge is 0.359 e. The summed E-state index contributed by atoms with van der Waals surface area (Å²) >= 11 is 5.72. The maximum Gasteiger partial charge on any atom is 0.169 e. The van der Waals surface area contributed by atoms with E-state index in [4.69, 9.17) is 12.2 Å². The molecular formula is C20H31N3S. The van der Waals surface area contributed by atoms with Crippen molar-refractivity contribution in [2.24, 2.45) is 0 Å². The van der Waals surface area contributed by atoms with E-state index in [2.05, 4.69) is 80.1 Å². The van der Waals surface area contributed by atoms with Crippen LogP contribution < -0.4 is 10.6 Å². The highest BCUT2D eigenvalue weighted by Crippen LogP contribution is 2.32. The molecule has 0 saturated carbocycles. The Balaban J connectivity index is 2.23. The normalized spacial score (nSPS) is 19.5. The minimum Gasteiger partial charge on any atom is -0.359 e. The minimum absolute atomic E-state index is 0.0927. The predicted molar refractivity (Wildman–Crippen MR) is 107 cm³/mol. The summed E-state index contributed by atoms with van der Waals surface area (Å²) in [5, 5.41) is 7.90. The second-order valence-electron chi connectivity index (χ2n) is 8.04. The first-order valence-electron chi connectivity index (χ1n) is 8.71. The first kappa shape index (κ1) is 18.9. The van der Waals surface area contributed by atoms with Crippen LogP contribution in [0.3, 0.4) is 0 Å². The minimum atomic E-state index is 0.0927. The lowest BCUT2D eigenvalue weighted by Gasteiger charge is -2.50. The van der Waals surface area contributed by atoms with E-state index < -0.39 is 0 Å². The van der Waals surface area contributed by atoms with Crippen LogP contribution in [0, 0.1) is 0 Å². The van der Waals surface area contributed by atoms with Crippen molar-refractivity contribution in [1.29, 1.82) is 0 Å². The van der Waals surface area contributed by atoms with Gasteiger partial charge in [0.2, 0.25) is 0 Å². The fourth-order valence-corrected chi connectivity index (χ4v) is 4.19. The van der Waals surface area contributed by atoms with E-state index >= 15 is 0 Å². The Morgan fingerprint density at radius 1 is 1.25 bits per heavy atom. The van der Waals surface area contributed by atoms with Gasteiger partial charge in [-0.1, -0.05) is 36.4 Å². The lowest BCUT2D eigenvalue weighted by molar-refractivity contribution is 0.0997. The number of benzene rings is 1. The highest BCUT2D eigenvalue weighted by atomic mass is 32.1. The maximum absolute atomic E-state index is 5.72. The van der Waals surface area contributed by atoms with Gasteiger partial charge in [-0.05, 0) is 58.3 Å². The molecule has 2 N–H and O–H groups in total. The van der Waals surface area contributed by atoms with Gasteiger partial charge in [0.05, 0.1) is 0 Å². The van der Waals surface area contributed by atoms with Crippen molar-refractivity contribution in [2.75, 3.05) is 6.54 Å². The van der Waals surface area contributed by atoms with Gasteiger partial charge in [-0.2, -0.15) is 0 Å². The molecule has 0 atom stereocenters. The average molecular weight is 346 g/mol. The number of nitrogens with one attached hydrogen (secondary N) is 2. The molecule has 1 heterocycles. The van der Waals surface area contributed by atoms with E-state index in [0.717, 1.165) is 24.5 Å². The Morgan fingerprint density at radius 3 is 2.38 bits per heavy atom. The molecule has 1 aromatic rings. The Bertz CT molecular complexity index is 550. The van der Waals surface area contributed by atoms with Crippen LogP contribution in [-0.2, 0) is 6.54 Å². The first-order valence-corrected chi connectivity index (χ1v) is 9.12. The van der Waals surface area contributed by atoms with Crippen molar-refractivity contribution in [2.45, 2.75) is 64.2 Å². The number of hydrogen-bond acceptors (Lipinski definition) is 2. The Labute approximate surface area is 152 Å². The second-order valence-corrected chi connectivity index (χ2v) is 8.43. The number of rotatable bonds is 5. The van der Waals surface area contributed by atoms with Gasteiger partial charge in [0.25, 0.3) is 0 Å². The SMILES string of the molecule is C=CCNC(=S)N(Cc1ccccc1)C1CC(C)(C)NC(C)(C)C1. The van der Waals surface area contributed by atoms with E-state index in [1.165, 1.54) is 5.56 Å². The van der Waals surface area contributed by atoms with Crippen molar-refractivity contribution in [3.63, 3.8) is 0 Å². The van der Waals surface area contributed by atoms with Crippen LogP contribution in [0.2, 0.25) is 0 Å². The second kappa shape index (κ2) is 7.66. The van der Waals surface area contributed by atoms with Gasteiger partial charge < -0.3 is 15.5 Å². The smallest absolute Gasteiger partial charge is 0.169 e. The first-order chi connectivity index (χ1) is 11.2. The zero-order valence-corrected chi connectivity index (χ0v) is 16.2. The third-order valence-corrected chi connectivity index (χ3v) is 4.84. The summed E-state index contributed by atoms with van der Waals surface area (Å²) in [4.78, 5) is 2.36. The Hall–Kier alpha value is -1.39. The summed E-state index contributed by atoms with van der Waals surface area (Å²) in [5.74, 6) is 0. The Morgan fingerprint density at radius 2 is 1.83 bits per heavy atom. The standard InChI is InChI=1S/C20H31N3S/c1-6-12-21-18(24)23(15-16-10-8-7-9-11-16)17-13-19(2,3)22-20(4,5)14-17/h6-11,17,22H,1,12-15H2,2-5H3,(H,21,24). The van der Waals surface area contributed by atoms with Crippen LogP contribution in [0.5, 0.6) is 0 Å². The van der Waals surface area contributed by atoms with Gasteiger partial charge in [0, 0.05) is 30.2 Å². The highest BCUT2D eigenvalue weighted by molar-refractivity contribution is 7.80. The van der Waals surface area contributed by atoms with Crippen LogP contribution in [0.25, 0.3) is 0 Å². The van der Waals surface area contributed by atoms with Crippen molar-refractivity contribution in [3.05, 3.63) is 48.6 Å². The summed E-state index contributed by atoms with van der Waals surface area (Å²) < 4.78 is 0. The van der Waals surface area contributed by atoms with Gasteiger partial charge in [0.15, 0.2) is 5.11 Å². The molecule has 0 bridgehead atoms. The number of piperidine rings is 1. The summed E-state index contributed by atoms with van der Waals surface area (Å²) in [6.45, 7) is 14.4. The van der Waals surface area contributed by atoms with E-state index in [1.54, 1.807) is 0 Å². The van der Waals surface area contributed by atoms with Crippen LogP contribution in [-0.4, -0.2) is 33.7 Å². The van der Waals surface area contributed by atoms with Crippen molar-refractivity contribution < 1.29 is 0 Å². The van der Waals surface area contributed by atoms with Crippen LogP contribution >= 0.6 is 12.2 Å². The van der Waals surface area contributed by atoms with E-state index in [0.29, 0.717) is 12.6 Å². The summed E-state index contributed by atoms with van der Waals surface area (Å²) in [6, 6.07) is 11.0. The zero-order valence-electron chi connectivity index (χ0n) is 15.4. The van der Waals surface area contributed by atoms with E-state index in [9.17, 15) is 0 Å². The fraction of sp³-hybridized carbons (Fsp3) is 0.550. The van der Waals surface area contributed by atoms with Crippen molar-refractivity contribution in [1.82, 2.24) is 15.5 Å². The summed E-state index contributed by atoms with van der Waals surface area (Å²) in [7, 11) is 0. The van der Waals surface area contributed by atoms with Crippen molar-refractivity contribution >= 4 is 17.3 Å². The molecular weight excluding hydrogens is 314 g/mol. The molecule has 24 heavy (non-hydrogen) atoms. The van der Waals surface area contributed by atoms with Crippen LogP contribution in [0.15, 0.2) is 43.0 Å². The molecule has 0 spiro atoms. The lowest BCUT2D eigenvalue weighted by Crippen LogP contribution is -2.63. The molecule has 1 aromatic carbocycles. The van der Waals surface area contributed by atoms with E-state index in [1.807, 2.05) is 6.08 Å². The van der Waals surface area contributed by atoms with E-state index in [-0.39, 0.29) is 11.1 Å². The molecule has 1 saturated heterocycles. The topological polar surface area (TPSA) is 27.3 Å². The van der Waals surface area contributed by atoms with Gasteiger partial charge in [-0.25, -0.2) is 0 Å². The number of nitrogens with zero attached hydrogens (tertiary/aromatic N) is 1. The molecule has 1 fully saturated rings. The molecule has 1 aliphatic rings. The summed E-state index contributed by atoms with van der Waals surface area (Å²) in [6.07, 6.45) is 3.99. The molecule has 1 aliphatic heterocycles. The van der Waals surface area contributed by atoms with Crippen LogP contribution in [0.1, 0.15) is 46.1 Å². The molecule has 132 valence electrons. The fourth-order valence-electron chi connectivity index (χ4n) is 3.90. The van der Waals surface area contributed by atoms with Crippen LogP contribution in [0.4, 0.5) is 0 Å². The third-order valence-electron chi connectivity index (χ3n) is 4.46. The summed E-state index contributed by atoms with van der Waals surface area (Å²) in [5.41, 5.74) is 1.47. The molecule has 0 aromatic heterocycles. The van der Waals surface area contributed by atoms with Gasteiger partial charge in [-0.15, -0.1) is 6.58 Å². The molecule has 0 amide bonds. The molecule has 0 aliphatic carbocycles. The average Bonchev–Trinajstić information content (AvgIpc) is 2.48.